The SMILES string of the molecule is Nc1cc(-c2ccnc(N)c2C2CCCCC2)nc(N2CCNCC2)c1. The lowest BCUT2D eigenvalue weighted by atomic mass is 9.81. The summed E-state index contributed by atoms with van der Waals surface area (Å²) in [7, 11) is 0. The van der Waals surface area contributed by atoms with Gasteiger partial charge in [-0.2, -0.15) is 0 Å². The van der Waals surface area contributed by atoms with Crippen molar-refractivity contribution in [1.82, 2.24) is 15.3 Å². The highest BCUT2D eigenvalue weighted by molar-refractivity contribution is 5.73. The lowest BCUT2D eigenvalue weighted by molar-refractivity contribution is 0.444. The second-order valence-corrected chi connectivity index (χ2v) is 7.37. The molecule has 0 bridgehead atoms. The third-order valence-corrected chi connectivity index (χ3v) is 5.59. The molecule has 1 saturated carbocycles. The van der Waals surface area contributed by atoms with Gasteiger partial charge in [0.1, 0.15) is 11.6 Å². The van der Waals surface area contributed by atoms with Crippen molar-refractivity contribution in [1.29, 1.82) is 0 Å². The molecule has 0 aromatic carbocycles. The Morgan fingerprint density at radius 1 is 1.04 bits per heavy atom. The summed E-state index contributed by atoms with van der Waals surface area (Å²) in [6.07, 6.45) is 7.97. The van der Waals surface area contributed by atoms with Crippen molar-refractivity contribution in [3.8, 4) is 11.3 Å². The Kier molecular flexibility index (Phi) is 4.93. The summed E-state index contributed by atoms with van der Waals surface area (Å²) >= 11 is 0. The minimum atomic E-state index is 0.471. The number of nitrogens with one attached hydrogen (secondary N) is 1. The van der Waals surface area contributed by atoms with Crippen LogP contribution in [0.5, 0.6) is 0 Å². The Bertz CT molecular complexity index is 763. The second kappa shape index (κ2) is 7.50. The molecule has 5 N–H and O–H groups in total. The first-order chi connectivity index (χ1) is 12.7. The van der Waals surface area contributed by atoms with E-state index in [0.29, 0.717) is 11.7 Å². The molecule has 3 heterocycles. The lowest BCUT2D eigenvalue weighted by Gasteiger charge is -2.29. The Morgan fingerprint density at radius 3 is 2.58 bits per heavy atom. The monoisotopic (exact) mass is 352 g/mol. The molecule has 26 heavy (non-hydrogen) atoms. The van der Waals surface area contributed by atoms with Crippen molar-refractivity contribution in [3.63, 3.8) is 0 Å². The van der Waals surface area contributed by atoms with Crippen LogP contribution >= 0.6 is 0 Å². The number of anilines is 3. The fourth-order valence-corrected chi connectivity index (χ4v) is 4.26. The molecular formula is C20H28N6. The van der Waals surface area contributed by atoms with Crippen LogP contribution in [0.4, 0.5) is 17.3 Å². The predicted octanol–water partition coefficient (Wildman–Crippen LogP) is 2.77. The Morgan fingerprint density at radius 2 is 1.81 bits per heavy atom. The van der Waals surface area contributed by atoms with Gasteiger partial charge in [-0.25, -0.2) is 9.97 Å². The lowest BCUT2D eigenvalue weighted by Crippen LogP contribution is -2.43. The first-order valence-corrected chi connectivity index (χ1v) is 9.70. The van der Waals surface area contributed by atoms with Crippen LogP contribution in [0.25, 0.3) is 11.3 Å². The van der Waals surface area contributed by atoms with E-state index in [1.165, 1.54) is 32.1 Å². The van der Waals surface area contributed by atoms with Crippen molar-refractivity contribution >= 4 is 17.3 Å². The van der Waals surface area contributed by atoms with Gasteiger partial charge in [-0.15, -0.1) is 0 Å². The molecule has 6 heteroatoms. The maximum atomic E-state index is 6.32. The van der Waals surface area contributed by atoms with Gasteiger partial charge in [0.05, 0.1) is 5.69 Å². The highest BCUT2D eigenvalue weighted by Gasteiger charge is 2.23. The van der Waals surface area contributed by atoms with E-state index in [-0.39, 0.29) is 0 Å². The van der Waals surface area contributed by atoms with E-state index in [0.717, 1.165) is 54.5 Å². The van der Waals surface area contributed by atoms with E-state index in [2.05, 4.69) is 15.2 Å². The second-order valence-electron chi connectivity index (χ2n) is 7.37. The topological polar surface area (TPSA) is 93.1 Å². The number of piperazine rings is 1. The third-order valence-electron chi connectivity index (χ3n) is 5.59. The van der Waals surface area contributed by atoms with Gasteiger partial charge < -0.3 is 21.7 Å². The number of nitrogens with two attached hydrogens (primary N) is 2. The molecule has 4 rings (SSSR count). The fourth-order valence-electron chi connectivity index (χ4n) is 4.26. The summed E-state index contributed by atoms with van der Waals surface area (Å²) in [5.41, 5.74) is 16.5. The van der Waals surface area contributed by atoms with Crippen molar-refractivity contribution in [2.24, 2.45) is 0 Å². The quantitative estimate of drug-likeness (QED) is 0.786. The Balaban J connectivity index is 1.75. The van der Waals surface area contributed by atoms with Crippen molar-refractivity contribution in [3.05, 3.63) is 30.0 Å². The van der Waals surface area contributed by atoms with Gasteiger partial charge in [-0.05, 0) is 30.9 Å². The number of nitrogen functional groups attached to an aromatic ring is 2. The van der Waals surface area contributed by atoms with Gasteiger partial charge in [0.2, 0.25) is 0 Å². The fraction of sp³-hybridized carbons (Fsp3) is 0.500. The number of nitrogens with zero attached hydrogens (tertiary/aromatic N) is 3. The zero-order chi connectivity index (χ0) is 17.9. The van der Waals surface area contributed by atoms with Crippen LogP contribution in [0.2, 0.25) is 0 Å². The largest absolute Gasteiger partial charge is 0.399 e. The molecule has 6 nitrogen and oxygen atoms in total. The first kappa shape index (κ1) is 17.1. The molecule has 1 aliphatic heterocycles. The number of rotatable bonds is 3. The van der Waals surface area contributed by atoms with E-state index in [1.807, 2.05) is 18.2 Å². The summed E-state index contributed by atoms with van der Waals surface area (Å²) in [6.45, 7) is 3.84. The average molecular weight is 352 g/mol. The van der Waals surface area contributed by atoms with Gasteiger partial charge >= 0.3 is 0 Å². The van der Waals surface area contributed by atoms with Crippen LogP contribution in [-0.4, -0.2) is 36.1 Å². The first-order valence-electron chi connectivity index (χ1n) is 9.70. The summed E-state index contributed by atoms with van der Waals surface area (Å²) in [6, 6.07) is 5.98. The van der Waals surface area contributed by atoms with Crippen LogP contribution in [0.1, 0.15) is 43.6 Å². The normalized spacial score (nSPS) is 18.8. The smallest absolute Gasteiger partial charge is 0.131 e. The molecule has 2 aromatic rings. The molecule has 0 radical (unpaired) electrons. The summed E-state index contributed by atoms with van der Waals surface area (Å²) in [5, 5.41) is 3.38. The van der Waals surface area contributed by atoms with Crippen LogP contribution in [0.3, 0.4) is 0 Å². The summed E-state index contributed by atoms with van der Waals surface area (Å²) < 4.78 is 0. The number of hydrogen-bond acceptors (Lipinski definition) is 6. The van der Waals surface area contributed by atoms with Crippen LogP contribution in [0, 0.1) is 0 Å². The van der Waals surface area contributed by atoms with Crippen LogP contribution < -0.4 is 21.7 Å². The molecule has 0 amide bonds. The van der Waals surface area contributed by atoms with Crippen LogP contribution in [-0.2, 0) is 0 Å². The third kappa shape index (κ3) is 3.46. The van der Waals surface area contributed by atoms with Gasteiger partial charge in [-0.1, -0.05) is 19.3 Å². The van der Waals surface area contributed by atoms with Gasteiger partial charge in [0.25, 0.3) is 0 Å². The zero-order valence-electron chi connectivity index (χ0n) is 15.2. The molecule has 138 valence electrons. The van der Waals surface area contributed by atoms with Crippen molar-refractivity contribution < 1.29 is 0 Å². The minimum absolute atomic E-state index is 0.471. The van der Waals surface area contributed by atoms with E-state index >= 15 is 0 Å². The average Bonchev–Trinajstić information content (AvgIpc) is 2.68. The van der Waals surface area contributed by atoms with E-state index in [1.54, 1.807) is 6.20 Å². The maximum Gasteiger partial charge on any atom is 0.131 e. The zero-order valence-corrected chi connectivity index (χ0v) is 15.2. The minimum Gasteiger partial charge on any atom is -0.399 e. The van der Waals surface area contributed by atoms with E-state index in [9.17, 15) is 0 Å². The molecule has 1 saturated heterocycles. The highest BCUT2D eigenvalue weighted by Crippen LogP contribution is 2.40. The van der Waals surface area contributed by atoms with E-state index in [4.69, 9.17) is 16.5 Å². The molecule has 2 fully saturated rings. The molecule has 0 spiro atoms. The summed E-state index contributed by atoms with van der Waals surface area (Å²) in [4.78, 5) is 11.6. The standard InChI is InChI=1S/C20H28N6/c21-15-12-17(25-18(13-15)26-10-8-23-9-11-26)16-6-7-24-20(22)19(16)14-4-2-1-3-5-14/h6-7,12-14,23H,1-5,8-11H2,(H2,21,25)(H2,22,24). The summed E-state index contributed by atoms with van der Waals surface area (Å²) in [5.74, 6) is 2.06. The van der Waals surface area contributed by atoms with Gasteiger partial charge in [0, 0.05) is 55.3 Å². The molecule has 2 aromatic heterocycles. The maximum absolute atomic E-state index is 6.32. The number of hydrogen-bond donors (Lipinski definition) is 3. The Labute approximate surface area is 155 Å². The number of aromatic nitrogens is 2. The molecule has 0 unspecified atom stereocenters. The molecule has 2 aliphatic rings. The predicted molar refractivity (Wildman–Crippen MR) is 107 cm³/mol. The molecular weight excluding hydrogens is 324 g/mol. The van der Waals surface area contributed by atoms with Crippen molar-refractivity contribution in [2.75, 3.05) is 42.5 Å². The Hall–Kier alpha value is -2.34. The van der Waals surface area contributed by atoms with Crippen LogP contribution in [0.15, 0.2) is 24.4 Å². The van der Waals surface area contributed by atoms with Gasteiger partial charge in [0.15, 0.2) is 0 Å². The van der Waals surface area contributed by atoms with E-state index < -0.39 is 0 Å². The van der Waals surface area contributed by atoms with Crippen molar-refractivity contribution in [2.45, 2.75) is 38.0 Å². The molecule has 0 atom stereocenters. The highest BCUT2D eigenvalue weighted by atomic mass is 15.2. The molecule has 1 aliphatic carbocycles. The van der Waals surface area contributed by atoms with Gasteiger partial charge in [-0.3, -0.25) is 0 Å². The number of pyridine rings is 2.